The number of carbonyl (C=O) groups is 12. The van der Waals surface area contributed by atoms with Gasteiger partial charge in [0.1, 0.15) is 54.1 Å². The molecule has 1 aliphatic heterocycles. The van der Waals surface area contributed by atoms with Gasteiger partial charge in [-0.3, -0.25) is 52.7 Å². The predicted octanol–water partition coefficient (Wildman–Crippen LogP) is -5.97. The van der Waals surface area contributed by atoms with Crippen LogP contribution in [0.5, 0.6) is 5.75 Å². The van der Waals surface area contributed by atoms with E-state index < -0.39 is 170 Å². The lowest BCUT2D eigenvalue weighted by Gasteiger charge is -2.32. The summed E-state index contributed by atoms with van der Waals surface area (Å²) in [5.74, 6) is -14.2. The van der Waals surface area contributed by atoms with Crippen LogP contribution in [-0.4, -0.2) is 176 Å². The van der Waals surface area contributed by atoms with Gasteiger partial charge in [-0.2, -0.15) is 0 Å². The highest BCUT2D eigenvalue weighted by Crippen LogP contribution is 2.22. The number of phenols is 1. The molecule has 18 N–H and O–H groups in total. The molecule has 0 aromatic heterocycles. The Morgan fingerprint density at radius 2 is 1.11 bits per heavy atom. The van der Waals surface area contributed by atoms with Crippen LogP contribution in [0.25, 0.3) is 0 Å². The van der Waals surface area contributed by atoms with Crippen LogP contribution in [0.3, 0.4) is 0 Å². The number of aliphatic carboxylic acids is 2. The zero-order chi connectivity index (χ0) is 54.6. The van der Waals surface area contributed by atoms with Gasteiger partial charge in [0.25, 0.3) is 0 Å². The topological polar surface area (TPSA) is 471 Å². The molecule has 400 valence electrons. The van der Waals surface area contributed by atoms with Crippen molar-refractivity contribution < 1.29 is 83.1 Å². The number of aliphatic hydroxyl groups excluding tert-OH is 2. The van der Waals surface area contributed by atoms with Gasteiger partial charge < -0.3 is 84.9 Å². The SMILES string of the molecule is CC(C)C[C@H](NC(=O)[C@@H]1CCCN1C(=O)[C@@H](NC(=O)[C@H](CO)NC(=O)[C@H](CC(N)=O)NC(=O)[C@H](Cc1ccc(O)cc1)NC(=O)[C@H](CC(N)=O)NC(=O)[C@@H](N)CCC(=O)O)C(C)C)C(=O)N[C@@H](CO)C(=O)O. The van der Waals surface area contributed by atoms with Crippen molar-refractivity contribution in [2.45, 2.75) is 133 Å². The number of amides is 10. The quantitative estimate of drug-likeness (QED) is 0.0341. The van der Waals surface area contributed by atoms with Crippen molar-refractivity contribution in [1.82, 2.24) is 42.1 Å². The van der Waals surface area contributed by atoms with Gasteiger partial charge in [-0.05, 0) is 55.2 Å². The number of hydrogen-bond donors (Lipinski definition) is 15. The number of primary amides is 2. The first-order chi connectivity index (χ1) is 33.7. The Bertz CT molecular complexity index is 2140. The first-order valence-electron chi connectivity index (χ1n) is 22.9. The maximum Gasteiger partial charge on any atom is 0.328 e. The van der Waals surface area contributed by atoms with E-state index >= 15 is 0 Å². The predicted molar refractivity (Wildman–Crippen MR) is 249 cm³/mol. The standard InChI is InChI=1S/C44H67N11O17/c1-20(2)14-25(37(64)53-30(19-57)44(71)72)51-42(69)31-6-5-13-55(31)43(70)35(21(3)4)54-41(68)29(18-56)52-40(67)28(17-33(47)60)50-38(65)26(15-22-7-9-23(58)10-8-22)49-39(66)27(16-32(46)59)48-36(63)24(45)11-12-34(61)62/h7-10,20-21,24-31,35,56-58H,5-6,11-19,45H2,1-4H3,(H2,46,59)(H2,47,60)(H,48,63)(H,49,66)(H,50,65)(H,51,69)(H,52,67)(H,53,64)(H,54,68)(H,61,62)(H,71,72)/t24-,25-,26-,27-,28-,29-,30-,31-,35-/m0/s1. The van der Waals surface area contributed by atoms with Gasteiger partial charge in [-0.1, -0.05) is 39.8 Å². The Kier molecular flexibility index (Phi) is 24.5. The molecule has 0 radical (unpaired) electrons. The maximum absolute atomic E-state index is 14.1. The van der Waals surface area contributed by atoms with Crippen LogP contribution < -0.4 is 54.4 Å². The monoisotopic (exact) mass is 1020 g/mol. The summed E-state index contributed by atoms with van der Waals surface area (Å²) in [4.78, 5) is 156. The average molecular weight is 1020 g/mol. The van der Waals surface area contributed by atoms with Gasteiger partial charge in [0.2, 0.25) is 59.1 Å². The molecule has 0 bridgehead atoms. The minimum Gasteiger partial charge on any atom is -0.508 e. The molecule has 28 heteroatoms. The summed E-state index contributed by atoms with van der Waals surface area (Å²) in [6.07, 6.45) is -2.48. The van der Waals surface area contributed by atoms with Crippen molar-refractivity contribution >= 4 is 71.0 Å². The van der Waals surface area contributed by atoms with Crippen LogP contribution in [0, 0.1) is 11.8 Å². The van der Waals surface area contributed by atoms with E-state index in [1.807, 2.05) is 0 Å². The summed E-state index contributed by atoms with van der Waals surface area (Å²) in [6, 6.07) is -8.89. The number of nitrogens with zero attached hydrogens (tertiary/aromatic N) is 1. The molecule has 0 aliphatic carbocycles. The van der Waals surface area contributed by atoms with E-state index in [4.69, 9.17) is 22.3 Å². The van der Waals surface area contributed by atoms with Crippen molar-refractivity contribution in [1.29, 1.82) is 0 Å². The van der Waals surface area contributed by atoms with E-state index in [1.54, 1.807) is 27.7 Å². The van der Waals surface area contributed by atoms with E-state index in [-0.39, 0.29) is 37.5 Å². The third kappa shape index (κ3) is 19.7. The molecule has 10 amide bonds. The highest BCUT2D eigenvalue weighted by molar-refractivity contribution is 6.00. The third-order valence-electron chi connectivity index (χ3n) is 11.1. The summed E-state index contributed by atoms with van der Waals surface area (Å²) in [5.41, 5.74) is 16.8. The minimum absolute atomic E-state index is 0.0364. The molecule has 9 atom stereocenters. The minimum atomic E-state index is -1.91. The van der Waals surface area contributed by atoms with Crippen LogP contribution in [0.1, 0.15) is 78.2 Å². The number of carboxylic acid groups (broad SMARTS) is 2. The van der Waals surface area contributed by atoms with Crippen molar-refractivity contribution in [3.8, 4) is 5.75 Å². The second-order valence-electron chi connectivity index (χ2n) is 17.9. The molecule has 1 aliphatic rings. The molecular weight excluding hydrogens is 955 g/mol. The van der Waals surface area contributed by atoms with Gasteiger partial charge >= 0.3 is 11.9 Å². The Morgan fingerprint density at radius 3 is 1.60 bits per heavy atom. The summed E-state index contributed by atoms with van der Waals surface area (Å²) in [7, 11) is 0. The van der Waals surface area contributed by atoms with Gasteiger partial charge in [-0.15, -0.1) is 0 Å². The number of aliphatic hydroxyl groups is 2. The van der Waals surface area contributed by atoms with Gasteiger partial charge in [0.15, 0.2) is 0 Å². The van der Waals surface area contributed by atoms with Crippen molar-refractivity contribution in [2.75, 3.05) is 19.8 Å². The second-order valence-corrected chi connectivity index (χ2v) is 17.9. The van der Waals surface area contributed by atoms with Crippen LogP contribution in [0.4, 0.5) is 0 Å². The number of carboxylic acids is 2. The third-order valence-corrected chi connectivity index (χ3v) is 11.1. The Morgan fingerprint density at radius 1 is 0.639 bits per heavy atom. The van der Waals surface area contributed by atoms with E-state index in [0.29, 0.717) is 12.0 Å². The van der Waals surface area contributed by atoms with Crippen molar-refractivity contribution in [2.24, 2.45) is 29.0 Å². The highest BCUT2D eigenvalue weighted by atomic mass is 16.4. The number of aromatic hydroxyl groups is 1. The van der Waals surface area contributed by atoms with Gasteiger partial charge in [-0.25, -0.2) is 4.79 Å². The number of nitrogens with one attached hydrogen (secondary N) is 7. The number of benzene rings is 1. The molecular formula is C44H67N11O17. The largest absolute Gasteiger partial charge is 0.508 e. The van der Waals surface area contributed by atoms with Crippen molar-refractivity contribution in [3.63, 3.8) is 0 Å². The number of rotatable bonds is 30. The van der Waals surface area contributed by atoms with E-state index in [1.165, 1.54) is 29.2 Å². The Balaban J connectivity index is 2.34. The summed E-state index contributed by atoms with van der Waals surface area (Å²) >= 11 is 0. The molecule has 28 nitrogen and oxygen atoms in total. The molecule has 1 aromatic rings. The Hall–Kier alpha value is -7.46. The normalized spacial score (nSPS) is 16.6. The lowest BCUT2D eigenvalue weighted by Crippen LogP contribution is -2.62. The molecule has 1 fully saturated rings. The lowest BCUT2D eigenvalue weighted by atomic mass is 10.0. The molecule has 0 saturated carbocycles. The maximum atomic E-state index is 14.1. The van der Waals surface area contributed by atoms with E-state index in [9.17, 15) is 78.0 Å². The fraction of sp³-hybridized carbons (Fsp3) is 0.591. The van der Waals surface area contributed by atoms with Crippen LogP contribution >= 0.6 is 0 Å². The first kappa shape index (κ1) is 60.7. The van der Waals surface area contributed by atoms with E-state index in [2.05, 4.69) is 37.2 Å². The molecule has 2 rings (SSSR count). The summed E-state index contributed by atoms with van der Waals surface area (Å²) in [5, 5.41) is 63.9. The summed E-state index contributed by atoms with van der Waals surface area (Å²) < 4.78 is 0. The van der Waals surface area contributed by atoms with Crippen LogP contribution in [-0.2, 0) is 64.0 Å². The number of likely N-dealkylation sites (tertiary alicyclic amines) is 1. The number of hydrogen-bond acceptors (Lipinski definition) is 16. The molecule has 1 aromatic carbocycles. The highest BCUT2D eigenvalue weighted by Gasteiger charge is 2.41. The molecule has 1 heterocycles. The second kappa shape index (κ2) is 29.0. The zero-order valence-corrected chi connectivity index (χ0v) is 40.3. The number of nitrogens with two attached hydrogens (primary N) is 3. The Labute approximate surface area is 413 Å². The van der Waals surface area contributed by atoms with Gasteiger partial charge in [0, 0.05) is 19.4 Å². The fourth-order valence-electron chi connectivity index (χ4n) is 7.28. The summed E-state index contributed by atoms with van der Waals surface area (Å²) in [6.45, 7) is 4.61. The smallest absolute Gasteiger partial charge is 0.328 e. The molecule has 1 saturated heterocycles. The van der Waals surface area contributed by atoms with Crippen molar-refractivity contribution in [3.05, 3.63) is 29.8 Å². The zero-order valence-electron chi connectivity index (χ0n) is 40.3. The van der Waals surface area contributed by atoms with Crippen LogP contribution in [0.2, 0.25) is 0 Å². The molecule has 72 heavy (non-hydrogen) atoms. The van der Waals surface area contributed by atoms with Gasteiger partial charge in [0.05, 0.1) is 32.1 Å². The van der Waals surface area contributed by atoms with E-state index in [0.717, 1.165) is 0 Å². The average Bonchev–Trinajstić information content (AvgIpc) is 3.80. The molecule has 0 spiro atoms. The fourth-order valence-corrected chi connectivity index (χ4v) is 7.28. The number of phenolic OH excluding ortho intramolecular Hbond substituents is 1. The molecule has 0 unspecified atom stereocenters. The van der Waals surface area contributed by atoms with Crippen LogP contribution in [0.15, 0.2) is 24.3 Å². The first-order valence-corrected chi connectivity index (χ1v) is 22.9. The lowest BCUT2D eigenvalue weighted by molar-refractivity contribution is -0.145. The number of carbonyl (C=O) groups excluding carboxylic acids is 10.